The standard InChI is InChI=1S/C15H9BrFNOS/c16-10-1-6-13-9(7-10)8-14(20-13)15(19)18-12-4-2-11(17)3-5-12/h1-8H,(H,18,19). The summed E-state index contributed by atoms with van der Waals surface area (Å²) < 4.78 is 14.8. The fourth-order valence-corrected chi connectivity index (χ4v) is 3.17. The van der Waals surface area contributed by atoms with E-state index in [9.17, 15) is 9.18 Å². The van der Waals surface area contributed by atoms with Crippen molar-refractivity contribution in [1.82, 2.24) is 0 Å². The fourth-order valence-electron chi connectivity index (χ4n) is 1.85. The first-order chi connectivity index (χ1) is 9.61. The molecule has 0 atom stereocenters. The van der Waals surface area contributed by atoms with Crippen LogP contribution in [0.4, 0.5) is 10.1 Å². The topological polar surface area (TPSA) is 29.1 Å². The van der Waals surface area contributed by atoms with Gasteiger partial charge < -0.3 is 5.32 Å². The van der Waals surface area contributed by atoms with Gasteiger partial charge in [-0.3, -0.25) is 4.79 Å². The molecule has 0 bridgehead atoms. The van der Waals surface area contributed by atoms with Gasteiger partial charge >= 0.3 is 0 Å². The highest BCUT2D eigenvalue weighted by Gasteiger charge is 2.10. The van der Waals surface area contributed by atoms with Crippen LogP contribution in [0.15, 0.2) is 53.0 Å². The molecule has 0 aliphatic heterocycles. The SMILES string of the molecule is O=C(Nc1ccc(F)cc1)c1cc2cc(Br)ccc2s1. The summed E-state index contributed by atoms with van der Waals surface area (Å²) >= 11 is 4.84. The molecule has 0 radical (unpaired) electrons. The van der Waals surface area contributed by atoms with Crippen molar-refractivity contribution in [1.29, 1.82) is 0 Å². The maximum atomic E-state index is 12.8. The average Bonchev–Trinajstić information content (AvgIpc) is 2.84. The largest absolute Gasteiger partial charge is 0.321 e. The first-order valence-electron chi connectivity index (χ1n) is 5.88. The minimum absolute atomic E-state index is 0.186. The Kier molecular flexibility index (Phi) is 3.54. The molecule has 0 aliphatic carbocycles. The molecule has 1 amide bonds. The van der Waals surface area contributed by atoms with E-state index in [0.29, 0.717) is 10.6 Å². The van der Waals surface area contributed by atoms with Crippen molar-refractivity contribution >= 4 is 48.9 Å². The molecule has 0 saturated carbocycles. The Morgan fingerprint density at radius 2 is 1.85 bits per heavy atom. The van der Waals surface area contributed by atoms with Crippen LogP contribution in [-0.2, 0) is 0 Å². The zero-order valence-corrected chi connectivity index (χ0v) is 12.6. The molecule has 5 heteroatoms. The number of carbonyl (C=O) groups excluding carboxylic acids is 1. The second-order valence-electron chi connectivity index (χ2n) is 4.25. The minimum atomic E-state index is -0.324. The third-order valence-electron chi connectivity index (χ3n) is 2.80. The normalized spacial score (nSPS) is 10.7. The number of anilines is 1. The molecular weight excluding hydrogens is 341 g/mol. The smallest absolute Gasteiger partial charge is 0.265 e. The lowest BCUT2D eigenvalue weighted by Gasteiger charge is -2.02. The molecule has 1 aromatic heterocycles. The minimum Gasteiger partial charge on any atom is -0.321 e. The van der Waals surface area contributed by atoms with Gasteiger partial charge in [0.05, 0.1) is 4.88 Å². The van der Waals surface area contributed by atoms with Crippen molar-refractivity contribution in [2.24, 2.45) is 0 Å². The van der Waals surface area contributed by atoms with Crippen LogP contribution in [0.5, 0.6) is 0 Å². The quantitative estimate of drug-likeness (QED) is 0.688. The van der Waals surface area contributed by atoms with Gasteiger partial charge in [0.1, 0.15) is 5.82 Å². The molecule has 2 nitrogen and oxygen atoms in total. The lowest BCUT2D eigenvalue weighted by molar-refractivity contribution is 0.103. The molecule has 20 heavy (non-hydrogen) atoms. The third-order valence-corrected chi connectivity index (χ3v) is 4.41. The Labute approximate surface area is 127 Å². The second-order valence-corrected chi connectivity index (χ2v) is 6.25. The van der Waals surface area contributed by atoms with Crippen LogP contribution >= 0.6 is 27.3 Å². The van der Waals surface area contributed by atoms with Gasteiger partial charge in [-0.1, -0.05) is 15.9 Å². The summed E-state index contributed by atoms with van der Waals surface area (Å²) in [4.78, 5) is 12.8. The Balaban J connectivity index is 1.86. The monoisotopic (exact) mass is 349 g/mol. The molecule has 0 fully saturated rings. The number of thiophene rings is 1. The Bertz CT molecular complexity index is 782. The van der Waals surface area contributed by atoms with Gasteiger partial charge in [-0.15, -0.1) is 11.3 Å². The Hall–Kier alpha value is -1.72. The predicted octanol–water partition coefficient (Wildman–Crippen LogP) is 5.06. The van der Waals surface area contributed by atoms with E-state index < -0.39 is 0 Å². The number of fused-ring (bicyclic) bond motifs is 1. The molecule has 100 valence electrons. The second kappa shape index (κ2) is 5.34. The highest BCUT2D eigenvalue weighted by Crippen LogP contribution is 2.28. The molecule has 2 aromatic carbocycles. The Morgan fingerprint density at radius 3 is 2.60 bits per heavy atom. The van der Waals surface area contributed by atoms with Gasteiger partial charge in [-0.05, 0) is 53.9 Å². The van der Waals surface area contributed by atoms with E-state index in [1.54, 1.807) is 0 Å². The van der Waals surface area contributed by atoms with Gasteiger partial charge in [0.15, 0.2) is 0 Å². The number of benzene rings is 2. The summed E-state index contributed by atoms with van der Waals surface area (Å²) in [6, 6.07) is 13.5. The van der Waals surface area contributed by atoms with Gasteiger partial charge in [-0.25, -0.2) is 4.39 Å². The molecule has 3 aromatic rings. The summed E-state index contributed by atoms with van der Waals surface area (Å²) in [5.74, 6) is -0.511. The molecule has 0 unspecified atom stereocenters. The van der Waals surface area contributed by atoms with E-state index in [-0.39, 0.29) is 11.7 Å². The summed E-state index contributed by atoms with van der Waals surface area (Å²) in [5.41, 5.74) is 0.579. The zero-order valence-electron chi connectivity index (χ0n) is 10.2. The van der Waals surface area contributed by atoms with E-state index in [4.69, 9.17) is 0 Å². The van der Waals surface area contributed by atoms with Crippen molar-refractivity contribution in [2.75, 3.05) is 5.32 Å². The van der Waals surface area contributed by atoms with E-state index in [1.807, 2.05) is 24.3 Å². The van der Waals surface area contributed by atoms with Crippen molar-refractivity contribution in [2.45, 2.75) is 0 Å². The van der Waals surface area contributed by atoms with Crippen LogP contribution in [0.1, 0.15) is 9.67 Å². The lowest BCUT2D eigenvalue weighted by atomic mass is 10.2. The highest BCUT2D eigenvalue weighted by molar-refractivity contribution is 9.10. The van der Waals surface area contributed by atoms with Gasteiger partial charge in [0.2, 0.25) is 0 Å². The third kappa shape index (κ3) is 2.73. The van der Waals surface area contributed by atoms with Crippen LogP contribution in [-0.4, -0.2) is 5.91 Å². The van der Waals surface area contributed by atoms with Crippen LogP contribution in [0.25, 0.3) is 10.1 Å². The van der Waals surface area contributed by atoms with Crippen molar-refractivity contribution in [3.8, 4) is 0 Å². The maximum absolute atomic E-state index is 12.8. The highest BCUT2D eigenvalue weighted by atomic mass is 79.9. The molecule has 1 N–H and O–H groups in total. The zero-order chi connectivity index (χ0) is 14.1. The average molecular weight is 350 g/mol. The number of halogens is 2. The van der Waals surface area contributed by atoms with Crippen LogP contribution in [0.3, 0.4) is 0 Å². The Morgan fingerprint density at radius 1 is 1.10 bits per heavy atom. The van der Waals surface area contributed by atoms with Crippen LogP contribution in [0.2, 0.25) is 0 Å². The number of hydrogen-bond donors (Lipinski definition) is 1. The van der Waals surface area contributed by atoms with Crippen molar-refractivity contribution in [3.05, 3.63) is 63.7 Å². The van der Waals surface area contributed by atoms with Gasteiger partial charge in [0, 0.05) is 14.9 Å². The molecule has 1 heterocycles. The summed E-state index contributed by atoms with van der Waals surface area (Å²) in [5, 5.41) is 3.78. The van der Waals surface area contributed by atoms with Gasteiger partial charge in [-0.2, -0.15) is 0 Å². The maximum Gasteiger partial charge on any atom is 0.265 e. The van der Waals surface area contributed by atoms with E-state index in [0.717, 1.165) is 14.6 Å². The van der Waals surface area contributed by atoms with Crippen LogP contribution in [0, 0.1) is 5.82 Å². The van der Waals surface area contributed by atoms with Crippen molar-refractivity contribution < 1.29 is 9.18 Å². The summed E-state index contributed by atoms with van der Waals surface area (Å²) in [6.45, 7) is 0. The van der Waals surface area contributed by atoms with E-state index in [1.165, 1.54) is 35.6 Å². The first kappa shape index (κ1) is 13.3. The van der Waals surface area contributed by atoms with Gasteiger partial charge in [0.25, 0.3) is 5.91 Å². The predicted molar refractivity (Wildman–Crippen MR) is 83.9 cm³/mol. The number of carbonyl (C=O) groups is 1. The molecule has 0 spiro atoms. The number of hydrogen-bond acceptors (Lipinski definition) is 2. The van der Waals surface area contributed by atoms with E-state index >= 15 is 0 Å². The lowest BCUT2D eigenvalue weighted by Crippen LogP contribution is -2.09. The fraction of sp³-hybridized carbons (Fsp3) is 0. The summed E-state index contributed by atoms with van der Waals surface area (Å²) in [7, 11) is 0. The molecule has 0 aliphatic rings. The number of nitrogens with one attached hydrogen (secondary N) is 1. The first-order valence-corrected chi connectivity index (χ1v) is 7.49. The molecule has 0 saturated heterocycles. The molecular formula is C15H9BrFNOS. The summed E-state index contributed by atoms with van der Waals surface area (Å²) in [6.07, 6.45) is 0. The molecule has 3 rings (SSSR count). The number of rotatable bonds is 2. The van der Waals surface area contributed by atoms with Crippen molar-refractivity contribution in [3.63, 3.8) is 0 Å². The number of amides is 1. The van der Waals surface area contributed by atoms with E-state index in [2.05, 4.69) is 21.2 Å². The van der Waals surface area contributed by atoms with Crippen LogP contribution < -0.4 is 5.32 Å².